The van der Waals surface area contributed by atoms with Crippen LogP contribution in [-0.2, 0) is 17.5 Å². The molecule has 0 saturated heterocycles. The highest BCUT2D eigenvalue weighted by molar-refractivity contribution is 5.77. The highest BCUT2D eigenvalue weighted by atomic mass is 19.4. The van der Waals surface area contributed by atoms with Gasteiger partial charge in [-0.15, -0.1) is 0 Å². The van der Waals surface area contributed by atoms with E-state index in [1.54, 1.807) is 21.1 Å². The van der Waals surface area contributed by atoms with Gasteiger partial charge in [0.15, 0.2) is 0 Å². The predicted molar refractivity (Wildman–Crippen MR) is 70.9 cm³/mol. The number of likely N-dealkylation sites (N-methyl/N-ethyl adjacent to an activating group) is 2. The Morgan fingerprint density at radius 2 is 1.85 bits per heavy atom. The minimum Gasteiger partial charge on any atom is -0.399 e. The lowest BCUT2D eigenvalue weighted by Gasteiger charge is -2.21. The SMILES string of the molecule is CN(CC(=O)N(C)C)Cc1ccc(N)cc1C(F)(F)F. The van der Waals surface area contributed by atoms with Gasteiger partial charge in [0.05, 0.1) is 12.1 Å². The summed E-state index contributed by atoms with van der Waals surface area (Å²) in [6.45, 7) is 0.0728. The smallest absolute Gasteiger partial charge is 0.399 e. The van der Waals surface area contributed by atoms with Crippen molar-refractivity contribution in [1.82, 2.24) is 9.80 Å². The van der Waals surface area contributed by atoms with Crippen LogP contribution in [-0.4, -0.2) is 43.4 Å². The number of benzene rings is 1. The van der Waals surface area contributed by atoms with Gasteiger partial charge in [-0.3, -0.25) is 9.69 Å². The number of carbonyl (C=O) groups is 1. The van der Waals surface area contributed by atoms with Gasteiger partial charge in [0.1, 0.15) is 0 Å². The normalized spacial score (nSPS) is 11.8. The summed E-state index contributed by atoms with van der Waals surface area (Å²) in [6.07, 6.45) is -4.46. The topological polar surface area (TPSA) is 49.6 Å². The first-order valence-corrected chi connectivity index (χ1v) is 5.95. The van der Waals surface area contributed by atoms with Crippen LogP contribution >= 0.6 is 0 Å². The van der Waals surface area contributed by atoms with Gasteiger partial charge in [-0.1, -0.05) is 6.07 Å². The molecule has 0 unspecified atom stereocenters. The van der Waals surface area contributed by atoms with Crippen molar-refractivity contribution < 1.29 is 18.0 Å². The number of alkyl halides is 3. The molecule has 1 aromatic carbocycles. The van der Waals surface area contributed by atoms with Crippen LogP contribution < -0.4 is 5.73 Å². The molecule has 1 amide bonds. The number of carbonyl (C=O) groups excluding carboxylic acids is 1. The number of nitrogen functional groups attached to an aromatic ring is 1. The number of hydrogen-bond acceptors (Lipinski definition) is 3. The lowest BCUT2D eigenvalue weighted by atomic mass is 10.1. The molecule has 0 atom stereocenters. The van der Waals surface area contributed by atoms with Gasteiger partial charge >= 0.3 is 6.18 Å². The van der Waals surface area contributed by atoms with Gasteiger partial charge in [0.25, 0.3) is 0 Å². The Balaban J connectivity index is 2.90. The van der Waals surface area contributed by atoms with Crippen LogP contribution in [0.1, 0.15) is 11.1 Å². The van der Waals surface area contributed by atoms with Crippen molar-refractivity contribution in [1.29, 1.82) is 0 Å². The first-order chi connectivity index (χ1) is 9.11. The molecule has 4 nitrogen and oxygen atoms in total. The van der Waals surface area contributed by atoms with Crippen molar-refractivity contribution in [3.63, 3.8) is 0 Å². The third-order valence-corrected chi connectivity index (χ3v) is 2.78. The third kappa shape index (κ3) is 4.41. The lowest BCUT2D eigenvalue weighted by molar-refractivity contribution is -0.138. The molecule has 1 aromatic rings. The summed E-state index contributed by atoms with van der Waals surface area (Å²) < 4.78 is 38.8. The zero-order valence-electron chi connectivity index (χ0n) is 11.7. The predicted octanol–water partition coefficient (Wildman–Crippen LogP) is 1.81. The number of amides is 1. The second-order valence-electron chi connectivity index (χ2n) is 4.87. The molecule has 2 N–H and O–H groups in total. The van der Waals surface area contributed by atoms with Gasteiger partial charge in [-0.2, -0.15) is 13.2 Å². The molecule has 20 heavy (non-hydrogen) atoms. The van der Waals surface area contributed by atoms with Gasteiger partial charge in [0, 0.05) is 26.3 Å². The second kappa shape index (κ2) is 6.13. The quantitative estimate of drug-likeness (QED) is 0.860. The molecule has 0 aromatic heterocycles. The second-order valence-corrected chi connectivity index (χ2v) is 4.87. The van der Waals surface area contributed by atoms with E-state index >= 15 is 0 Å². The molecular weight excluding hydrogens is 271 g/mol. The highest BCUT2D eigenvalue weighted by Gasteiger charge is 2.33. The van der Waals surface area contributed by atoms with Gasteiger partial charge < -0.3 is 10.6 Å². The molecule has 0 saturated carbocycles. The molecule has 0 aliphatic heterocycles. The molecule has 0 spiro atoms. The first-order valence-electron chi connectivity index (χ1n) is 5.95. The summed E-state index contributed by atoms with van der Waals surface area (Å²) in [6, 6.07) is 3.68. The molecule has 0 heterocycles. The summed E-state index contributed by atoms with van der Waals surface area (Å²) >= 11 is 0. The van der Waals surface area contributed by atoms with Crippen molar-refractivity contribution >= 4 is 11.6 Å². The molecule has 0 fully saturated rings. The zero-order valence-corrected chi connectivity index (χ0v) is 11.7. The monoisotopic (exact) mass is 289 g/mol. The Labute approximate surface area is 116 Å². The minimum absolute atomic E-state index is 0.0225. The molecule has 112 valence electrons. The maximum absolute atomic E-state index is 12.9. The Morgan fingerprint density at radius 3 is 2.35 bits per heavy atom. The Kier molecular flexibility index (Phi) is 4.99. The summed E-state index contributed by atoms with van der Waals surface area (Å²) in [5.41, 5.74) is 4.80. The summed E-state index contributed by atoms with van der Waals surface area (Å²) in [7, 11) is 4.79. The lowest BCUT2D eigenvalue weighted by Crippen LogP contribution is -2.34. The van der Waals surface area contributed by atoms with Crippen LogP contribution in [0.3, 0.4) is 0 Å². The molecule has 0 aliphatic rings. The fourth-order valence-electron chi connectivity index (χ4n) is 1.71. The molecule has 0 bridgehead atoms. The van der Waals surface area contributed by atoms with E-state index in [0.717, 1.165) is 6.07 Å². The van der Waals surface area contributed by atoms with Crippen LogP contribution in [0.15, 0.2) is 18.2 Å². The van der Waals surface area contributed by atoms with Crippen LogP contribution in [0.2, 0.25) is 0 Å². The molecular formula is C13H18F3N3O. The van der Waals surface area contributed by atoms with Crippen LogP contribution in [0.5, 0.6) is 0 Å². The van der Waals surface area contributed by atoms with E-state index in [2.05, 4.69) is 0 Å². The number of hydrogen-bond donors (Lipinski definition) is 1. The molecule has 7 heteroatoms. The minimum atomic E-state index is -4.46. The summed E-state index contributed by atoms with van der Waals surface area (Å²) in [5, 5.41) is 0. The molecule has 0 aliphatic carbocycles. The average Bonchev–Trinajstić information content (AvgIpc) is 2.29. The number of rotatable bonds is 4. The van der Waals surface area contributed by atoms with Gasteiger partial charge in [0.2, 0.25) is 5.91 Å². The van der Waals surface area contributed by atoms with E-state index in [1.165, 1.54) is 21.9 Å². The largest absolute Gasteiger partial charge is 0.416 e. The maximum atomic E-state index is 12.9. The van der Waals surface area contributed by atoms with Crippen molar-refractivity contribution in [3.05, 3.63) is 29.3 Å². The zero-order chi connectivity index (χ0) is 15.5. The number of anilines is 1. The summed E-state index contributed by atoms with van der Waals surface area (Å²) in [4.78, 5) is 14.4. The van der Waals surface area contributed by atoms with Crippen LogP contribution in [0.4, 0.5) is 18.9 Å². The Morgan fingerprint density at radius 1 is 1.25 bits per heavy atom. The van der Waals surface area contributed by atoms with E-state index in [1.807, 2.05) is 0 Å². The van der Waals surface area contributed by atoms with E-state index in [0.29, 0.717) is 0 Å². The van der Waals surface area contributed by atoms with Gasteiger partial charge in [-0.25, -0.2) is 0 Å². The first kappa shape index (κ1) is 16.3. The average molecular weight is 289 g/mol. The Hall–Kier alpha value is -1.76. The molecule has 1 rings (SSSR count). The van der Waals surface area contributed by atoms with E-state index in [-0.39, 0.29) is 30.2 Å². The standard InChI is InChI=1S/C13H18F3N3O/c1-18(2)12(20)8-19(3)7-9-4-5-10(17)6-11(9)13(14,15)16/h4-6H,7-8,17H2,1-3H3. The van der Waals surface area contributed by atoms with Crippen molar-refractivity contribution in [2.45, 2.75) is 12.7 Å². The Bertz CT molecular complexity index is 486. The number of halogens is 3. The van der Waals surface area contributed by atoms with Gasteiger partial charge in [-0.05, 0) is 24.7 Å². The van der Waals surface area contributed by atoms with Crippen molar-refractivity contribution in [3.8, 4) is 0 Å². The van der Waals surface area contributed by atoms with Crippen molar-refractivity contribution in [2.75, 3.05) is 33.4 Å². The van der Waals surface area contributed by atoms with Crippen LogP contribution in [0.25, 0.3) is 0 Å². The van der Waals surface area contributed by atoms with Crippen molar-refractivity contribution in [2.24, 2.45) is 0 Å². The number of nitrogens with zero attached hydrogens (tertiary/aromatic N) is 2. The van der Waals surface area contributed by atoms with E-state index < -0.39 is 11.7 Å². The number of nitrogens with two attached hydrogens (primary N) is 1. The van der Waals surface area contributed by atoms with E-state index in [9.17, 15) is 18.0 Å². The highest BCUT2D eigenvalue weighted by Crippen LogP contribution is 2.33. The molecule has 0 radical (unpaired) electrons. The fraction of sp³-hybridized carbons (Fsp3) is 0.462. The fourth-order valence-corrected chi connectivity index (χ4v) is 1.71. The summed E-state index contributed by atoms with van der Waals surface area (Å²) in [5.74, 6) is -0.170. The van der Waals surface area contributed by atoms with E-state index in [4.69, 9.17) is 5.73 Å². The third-order valence-electron chi connectivity index (χ3n) is 2.78. The van der Waals surface area contributed by atoms with Crippen LogP contribution in [0, 0.1) is 0 Å². The maximum Gasteiger partial charge on any atom is 0.416 e.